The number of urea groups is 1. The van der Waals surface area contributed by atoms with E-state index in [-0.39, 0.29) is 36.3 Å². The van der Waals surface area contributed by atoms with Crippen LogP contribution in [0.4, 0.5) is 10.5 Å². The second-order valence-electron chi connectivity index (χ2n) is 5.66. The minimum Gasteiger partial charge on any atom is -0.454 e. The van der Waals surface area contributed by atoms with Crippen LogP contribution < -0.4 is 25.4 Å². The Bertz CT molecular complexity index is 810. The molecule has 0 unspecified atom stereocenters. The second kappa shape index (κ2) is 8.00. The molecular formula is C16H19N5O4S. The van der Waals surface area contributed by atoms with Crippen molar-refractivity contribution in [3.63, 3.8) is 0 Å². The average Bonchev–Trinajstić information content (AvgIpc) is 3.28. The van der Waals surface area contributed by atoms with Crippen LogP contribution in [-0.2, 0) is 6.54 Å². The smallest absolute Gasteiger partial charge is 0.315 e. The lowest BCUT2D eigenvalue weighted by Crippen LogP contribution is -2.40. The standard InChI is InChI=1S/C16H19N5O4S/c1-3-9(2)18-16(23)17-7-13-20-21-15(26-13)14(22)19-10-4-5-11-12(6-10)25-8-24-11/h4-6,9H,3,7-8H2,1-2H3,(H,19,22)(H2,17,18,23)/t9-/m1/s1. The van der Waals surface area contributed by atoms with E-state index in [0.29, 0.717) is 22.2 Å². The van der Waals surface area contributed by atoms with Crippen LogP contribution in [0.25, 0.3) is 0 Å². The summed E-state index contributed by atoms with van der Waals surface area (Å²) in [6, 6.07) is 4.94. The summed E-state index contributed by atoms with van der Waals surface area (Å²) < 4.78 is 10.5. The third-order valence-corrected chi connectivity index (χ3v) is 4.60. The molecule has 3 rings (SSSR count). The van der Waals surface area contributed by atoms with Crippen molar-refractivity contribution in [3.05, 3.63) is 28.2 Å². The number of hydrogen-bond acceptors (Lipinski definition) is 7. The van der Waals surface area contributed by atoms with Gasteiger partial charge in [0.1, 0.15) is 5.01 Å². The number of nitrogens with zero attached hydrogens (tertiary/aromatic N) is 2. The lowest BCUT2D eigenvalue weighted by Gasteiger charge is -2.11. The molecule has 3 N–H and O–H groups in total. The maximum Gasteiger partial charge on any atom is 0.315 e. The first-order valence-electron chi connectivity index (χ1n) is 8.13. The first-order chi connectivity index (χ1) is 12.5. The van der Waals surface area contributed by atoms with E-state index < -0.39 is 0 Å². The fourth-order valence-electron chi connectivity index (χ4n) is 2.11. The van der Waals surface area contributed by atoms with E-state index in [1.54, 1.807) is 18.2 Å². The second-order valence-corrected chi connectivity index (χ2v) is 6.72. The van der Waals surface area contributed by atoms with Crippen LogP contribution >= 0.6 is 11.3 Å². The quantitative estimate of drug-likeness (QED) is 0.710. The summed E-state index contributed by atoms with van der Waals surface area (Å²) in [5.41, 5.74) is 0.571. The highest BCUT2D eigenvalue weighted by Crippen LogP contribution is 2.34. The van der Waals surface area contributed by atoms with Crippen LogP contribution in [0.2, 0.25) is 0 Å². The highest BCUT2D eigenvalue weighted by Gasteiger charge is 2.17. The Morgan fingerprint density at radius 1 is 1.27 bits per heavy atom. The molecule has 0 aliphatic carbocycles. The van der Waals surface area contributed by atoms with E-state index in [0.717, 1.165) is 17.8 Å². The summed E-state index contributed by atoms with van der Waals surface area (Å²) in [5, 5.41) is 16.8. The minimum atomic E-state index is -0.378. The topological polar surface area (TPSA) is 114 Å². The Balaban J connectivity index is 1.54. The number of carbonyl (C=O) groups excluding carboxylic acids is 2. The molecule has 1 aromatic heterocycles. The third-order valence-electron chi connectivity index (χ3n) is 3.68. The van der Waals surface area contributed by atoms with E-state index in [1.165, 1.54) is 0 Å². The predicted molar refractivity (Wildman–Crippen MR) is 95.6 cm³/mol. The highest BCUT2D eigenvalue weighted by molar-refractivity contribution is 7.13. The van der Waals surface area contributed by atoms with Crippen LogP contribution in [0.15, 0.2) is 18.2 Å². The fourth-order valence-corrected chi connectivity index (χ4v) is 2.78. The number of ether oxygens (including phenoxy) is 2. The molecule has 1 aromatic carbocycles. The summed E-state index contributed by atoms with van der Waals surface area (Å²) in [4.78, 5) is 24.0. The van der Waals surface area contributed by atoms with Crippen LogP contribution in [-0.4, -0.2) is 35.0 Å². The molecule has 10 heteroatoms. The molecule has 26 heavy (non-hydrogen) atoms. The van der Waals surface area contributed by atoms with Crippen molar-refractivity contribution in [2.45, 2.75) is 32.9 Å². The summed E-state index contributed by atoms with van der Waals surface area (Å²) in [6.07, 6.45) is 0.844. The molecule has 2 heterocycles. The molecule has 2 aromatic rings. The summed E-state index contributed by atoms with van der Waals surface area (Å²) in [7, 11) is 0. The molecule has 0 radical (unpaired) electrons. The van der Waals surface area contributed by atoms with Gasteiger partial charge in [0.15, 0.2) is 11.5 Å². The van der Waals surface area contributed by atoms with E-state index in [9.17, 15) is 9.59 Å². The Kier molecular flexibility index (Phi) is 5.52. The van der Waals surface area contributed by atoms with Gasteiger partial charge >= 0.3 is 6.03 Å². The van der Waals surface area contributed by atoms with Gasteiger partial charge in [0.2, 0.25) is 11.8 Å². The number of fused-ring (bicyclic) bond motifs is 1. The first-order valence-corrected chi connectivity index (χ1v) is 8.94. The summed E-state index contributed by atoms with van der Waals surface area (Å²) in [6.45, 7) is 4.28. The maximum atomic E-state index is 12.3. The maximum absolute atomic E-state index is 12.3. The fraction of sp³-hybridized carbons (Fsp3) is 0.375. The predicted octanol–water partition coefficient (Wildman–Crippen LogP) is 2.12. The molecule has 9 nitrogen and oxygen atoms in total. The van der Waals surface area contributed by atoms with Crippen molar-refractivity contribution in [1.82, 2.24) is 20.8 Å². The Labute approximate surface area is 154 Å². The minimum absolute atomic E-state index is 0.0902. The monoisotopic (exact) mass is 377 g/mol. The zero-order valence-electron chi connectivity index (χ0n) is 14.4. The molecule has 1 aliphatic rings. The van der Waals surface area contributed by atoms with Crippen molar-refractivity contribution >= 4 is 29.0 Å². The van der Waals surface area contributed by atoms with Gasteiger partial charge in [-0.2, -0.15) is 0 Å². The van der Waals surface area contributed by atoms with Crippen LogP contribution in [0.5, 0.6) is 11.5 Å². The molecule has 0 fully saturated rings. The highest BCUT2D eigenvalue weighted by atomic mass is 32.1. The number of rotatable bonds is 6. The zero-order chi connectivity index (χ0) is 18.5. The number of benzene rings is 1. The third kappa shape index (κ3) is 4.39. The van der Waals surface area contributed by atoms with Crippen molar-refractivity contribution in [1.29, 1.82) is 0 Å². The zero-order valence-corrected chi connectivity index (χ0v) is 15.2. The number of amides is 3. The molecule has 1 atom stereocenters. The van der Waals surface area contributed by atoms with Gasteiger partial charge in [0, 0.05) is 17.8 Å². The van der Waals surface area contributed by atoms with Gasteiger partial charge in [-0.15, -0.1) is 10.2 Å². The van der Waals surface area contributed by atoms with Gasteiger partial charge in [-0.05, 0) is 25.5 Å². The number of hydrogen-bond donors (Lipinski definition) is 3. The molecule has 1 aliphatic heterocycles. The normalized spacial score (nSPS) is 13.2. The van der Waals surface area contributed by atoms with Gasteiger partial charge in [-0.1, -0.05) is 18.3 Å². The van der Waals surface area contributed by atoms with E-state index in [4.69, 9.17) is 9.47 Å². The van der Waals surface area contributed by atoms with Gasteiger partial charge in [0.05, 0.1) is 6.54 Å². The van der Waals surface area contributed by atoms with E-state index >= 15 is 0 Å². The molecule has 0 saturated carbocycles. The summed E-state index contributed by atoms with van der Waals surface area (Å²) >= 11 is 1.12. The van der Waals surface area contributed by atoms with Gasteiger partial charge in [-0.25, -0.2) is 4.79 Å². The van der Waals surface area contributed by atoms with E-state index in [1.807, 2.05) is 13.8 Å². The lowest BCUT2D eigenvalue weighted by atomic mass is 10.3. The van der Waals surface area contributed by atoms with Crippen LogP contribution in [0, 0.1) is 0 Å². The SMILES string of the molecule is CC[C@@H](C)NC(=O)NCc1nnc(C(=O)Nc2ccc3c(c2)OCO3)s1. The van der Waals surface area contributed by atoms with Crippen molar-refractivity contribution in [2.24, 2.45) is 0 Å². The van der Waals surface area contributed by atoms with Crippen molar-refractivity contribution in [3.8, 4) is 11.5 Å². The van der Waals surface area contributed by atoms with Crippen molar-refractivity contribution in [2.75, 3.05) is 12.1 Å². The lowest BCUT2D eigenvalue weighted by molar-refractivity contribution is 0.102. The Morgan fingerprint density at radius 3 is 2.88 bits per heavy atom. The molecule has 0 saturated heterocycles. The van der Waals surface area contributed by atoms with E-state index in [2.05, 4.69) is 26.1 Å². The number of nitrogens with one attached hydrogen (secondary N) is 3. The number of aromatic nitrogens is 2. The molecule has 0 bridgehead atoms. The van der Waals surface area contributed by atoms with Crippen LogP contribution in [0.1, 0.15) is 35.1 Å². The van der Waals surface area contributed by atoms with Gasteiger partial charge in [-0.3, -0.25) is 4.79 Å². The molecule has 0 spiro atoms. The molecule has 138 valence electrons. The number of carbonyl (C=O) groups is 2. The summed E-state index contributed by atoms with van der Waals surface area (Å²) in [5.74, 6) is 0.844. The van der Waals surface area contributed by atoms with Crippen molar-refractivity contribution < 1.29 is 19.1 Å². The Morgan fingerprint density at radius 2 is 2.08 bits per heavy atom. The number of anilines is 1. The van der Waals surface area contributed by atoms with Gasteiger partial charge in [0.25, 0.3) is 5.91 Å². The molecule has 3 amide bonds. The first kappa shape index (κ1) is 17.9. The Hall–Kier alpha value is -2.88. The molecular weight excluding hydrogens is 358 g/mol. The van der Waals surface area contributed by atoms with Gasteiger partial charge < -0.3 is 25.4 Å². The van der Waals surface area contributed by atoms with Crippen LogP contribution in [0.3, 0.4) is 0 Å². The largest absolute Gasteiger partial charge is 0.454 e. The average molecular weight is 377 g/mol.